The van der Waals surface area contributed by atoms with Crippen molar-refractivity contribution in [2.45, 2.75) is 20.0 Å². The van der Waals surface area contributed by atoms with Crippen molar-refractivity contribution in [3.8, 4) is 5.75 Å². The Labute approximate surface area is 99.0 Å². The molecule has 0 saturated heterocycles. The number of carbonyl (C=O) groups is 1. The molecule has 0 aliphatic carbocycles. The number of aliphatic hydroxyl groups is 1. The van der Waals surface area contributed by atoms with E-state index < -0.39 is 17.9 Å². The Morgan fingerprint density at radius 1 is 1.53 bits per heavy atom. The minimum Gasteiger partial charge on any atom is -0.496 e. The van der Waals surface area contributed by atoms with Crippen LogP contribution in [0.5, 0.6) is 5.75 Å². The first-order valence-corrected chi connectivity index (χ1v) is 5.20. The molecule has 0 bridgehead atoms. The maximum absolute atomic E-state index is 13.3. The van der Waals surface area contributed by atoms with Crippen molar-refractivity contribution in [3.05, 3.63) is 29.1 Å². The second-order valence-electron chi connectivity index (χ2n) is 3.45. The molecular formula is C12H15FO4. The number of aliphatic hydroxyl groups excluding tert-OH is 1. The van der Waals surface area contributed by atoms with E-state index in [-0.39, 0.29) is 23.5 Å². The number of carbonyl (C=O) groups excluding carboxylic acids is 1. The van der Waals surface area contributed by atoms with Crippen LogP contribution < -0.4 is 4.74 Å². The molecule has 0 heterocycles. The molecule has 0 aliphatic rings. The van der Waals surface area contributed by atoms with Gasteiger partial charge >= 0.3 is 5.97 Å². The van der Waals surface area contributed by atoms with Gasteiger partial charge in [0.05, 0.1) is 13.7 Å². The third-order valence-corrected chi connectivity index (χ3v) is 2.38. The highest BCUT2D eigenvalue weighted by Crippen LogP contribution is 2.30. The summed E-state index contributed by atoms with van der Waals surface area (Å²) in [6, 6.07) is 2.48. The number of rotatable bonds is 4. The van der Waals surface area contributed by atoms with Crippen LogP contribution in [0, 0.1) is 12.7 Å². The fraction of sp³-hybridized carbons (Fsp3) is 0.417. The smallest absolute Gasteiger partial charge is 0.339 e. The molecule has 0 spiro atoms. The lowest BCUT2D eigenvalue weighted by molar-refractivity contribution is -0.153. The molecule has 0 amide bonds. The normalized spacial score (nSPS) is 12.1. The summed E-state index contributed by atoms with van der Waals surface area (Å²) in [6.07, 6.45) is -1.47. The summed E-state index contributed by atoms with van der Waals surface area (Å²) in [4.78, 5) is 11.4. The van der Waals surface area contributed by atoms with Gasteiger partial charge in [0.25, 0.3) is 0 Å². The van der Waals surface area contributed by atoms with Crippen LogP contribution in [-0.4, -0.2) is 24.8 Å². The molecule has 0 aliphatic heterocycles. The van der Waals surface area contributed by atoms with Crippen molar-refractivity contribution in [2.24, 2.45) is 0 Å². The molecule has 0 radical (unpaired) electrons. The van der Waals surface area contributed by atoms with Gasteiger partial charge in [-0.3, -0.25) is 0 Å². The van der Waals surface area contributed by atoms with Crippen molar-refractivity contribution in [3.63, 3.8) is 0 Å². The van der Waals surface area contributed by atoms with Gasteiger partial charge in [0, 0.05) is 11.1 Å². The van der Waals surface area contributed by atoms with E-state index in [1.54, 1.807) is 6.92 Å². The Balaban J connectivity index is 3.13. The van der Waals surface area contributed by atoms with E-state index in [0.717, 1.165) is 0 Å². The predicted molar refractivity (Wildman–Crippen MR) is 59.3 cm³/mol. The number of hydrogen-bond donors (Lipinski definition) is 1. The van der Waals surface area contributed by atoms with Crippen molar-refractivity contribution in [2.75, 3.05) is 13.7 Å². The second kappa shape index (κ2) is 5.63. The Bertz CT molecular complexity index is 417. The largest absolute Gasteiger partial charge is 0.496 e. The molecular weight excluding hydrogens is 227 g/mol. The summed E-state index contributed by atoms with van der Waals surface area (Å²) in [6.45, 7) is 3.31. The van der Waals surface area contributed by atoms with E-state index in [2.05, 4.69) is 4.74 Å². The average Bonchev–Trinajstić information content (AvgIpc) is 2.31. The predicted octanol–water partition coefficient (Wildman–Crippen LogP) is 1.74. The fourth-order valence-electron chi connectivity index (χ4n) is 1.52. The minimum atomic E-state index is -1.47. The van der Waals surface area contributed by atoms with Crippen molar-refractivity contribution >= 4 is 5.97 Å². The summed E-state index contributed by atoms with van der Waals surface area (Å²) in [7, 11) is 1.35. The topological polar surface area (TPSA) is 55.8 Å². The van der Waals surface area contributed by atoms with Crippen LogP contribution in [0.25, 0.3) is 0 Å². The molecule has 1 aromatic rings. The quantitative estimate of drug-likeness (QED) is 0.817. The molecule has 0 saturated carbocycles. The van der Waals surface area contributed by atoms with Gasteiger partial charge < -0.3 is 14.6 Å². The Morgan fingerprint density at radius 2 is 2.18 bits per heavy atom. The highest BCUT2D eigenvalue weighted by atomic mass is 19.1. The molecule has 1 atom stereocenters. The number of methoxy groups -OCH3 is 1. The van der Waals surface area contributed by atoms with Gasteiger partial charge in [-0.05, 0) is 26.0 Å². The zero-order valence-electron chi connectivity index (χ0n) is 9.99. The van der Waals surface area contributed by atoms with Gasteiger partial charge in [0.15, 0.2) is 6.10 Å². The van der Waals surface area contributed by atoms with E-state index in [1.807, 2.05) is 0 Å². The maximum atomic E-state index is 13.3. The Morgan fingerprint density at radius 3 is 2.71 bits per heavy atom. The molecule has 94 valence electrons. The minimum absolute atomic E-state index is 0.158. The summed E-state index contributed by atoms with van der Waals surface area (Å²) >= 11 is 0. The van der Waals surface area contributed by atoms with Crippen LogP contribution in [-0.2, 0) is 9.53 Å². The second-order valence-corrected chi connectivity index (χ2v) is 3.45. The highest BCUT2D eigenvalue weighted by Gasteiger charge is 2.24. The van der Waals surface area contributed by atoms with Gasteiger partial charge in [-0.25, -0.2) is 9.18 Å². The van der Waals surface area contributed by atoms with E-state index in [0.29, 0.717) is 0 Å². The van der Waals surface area contributed by atoms with Crippen LogP contribution in [0.1, 0.15) is 24.2 Å². The monoisotopic (exact) mass is 242 g/mol. The Kier molecular flexibility index (Phi) is 4.45. The van der Waals surface area contributed by atoms with Gasteiger partial charge in [-0.1, -0.05) is 0 Å². The molecule has 17 heavy (non-hydrogen) atoms. The summed E-state index contributed by atoms with van der Waals surface area (Å²) in [5, 5.41) is 9.77. The molecule has 0 fully saturated rings. The summed E-state index contributed by atoms with van der Waals surface area (Å²) < 4.78 is 23.0. The number of halogens is 1. The lowest BCUT2D eigenvalue weighted by atomic mass is 10.0. The van der Waals surface area contributed by atoms with Crippen LogP contribution in [0.15, 0.2) is 12.1 Å². The lowest BCUT2D eigenvalue weighted by Gasteiger charge is -2.15. The molecule has 4 nitrogen and oxygen atoms in total. The van der Waals surface area contributed by atoms with E-state index in [1.165, 1.54) is 26.2 Å². The fourth-order valence-corrected chi connectivity index (χ4v) is 1.52. The first-order valence-electron chi connectivity index (χ1n) is 5.20. The van der Waals surface area contributed by atoms with E-state index >= 15 is 0 Å². The zero-order chi connectivity index (χ0) is 13.0. The van der Waals surface area contributed by atoms with Crippen molar-refractivity contribution < 1.29 is 23.8 Å². The SMILES string of the molecule is CCOC(=O)C(O)c1ccc(F)c(C)c1OC. The van der Waals surface area contributed by atoms with Gasteiger partial charge in [0.1, 0.15) is 11.6 Å². The van der Waals surface area contributed by atoms with Gasteiger partial charge in [-0.2, -0.15) is 0 Å². The first kappa shape index (κ1) is 13.4. The van der Waals surface area contributed by atoms with Crippen LogP contribution in [0.3, 0.4) is 0 Å². The van der Waals surface area contributed by atoms with Gasteiger partial charge in [-0.15, -0.1) is 0 Å². The number of benzene rings is 1. The molecule has 1 N–H and O–H groups in total. The van der Waals surface area contributed by atoms with Crippen LogP contribution in [0.4, 0.5) is 4.39 Å². The number of esters is 1. The standard InChI is InChI=1S/C12H15FO4/c1-4-17-12(15)10(14)8-5-6-9(13)7(2)11(8)16-3/h5-6,10,14H,4H2,1-3H3. The van der Waals surface area contributed by atoms with E-state index in [9.17, 15) is 14.3 Å². The van der Waals surface area contributed by atoms with Crippen molar-refractivity contribution in [1.82, 2.24) is 0 Å². The zero-order valence-corrected chi connectivity index (χ0v) is 9.99. The molecule has 1 unspecified atom stereocenters. The average molecular weight is 242 g/mol. The summed E-state index contributed by atoms with van der Waals surface area (Å²) in [5.74, 6) is -1.08. The van der Waals surface area contributed by atoms with E-state index in [4.69, 9.17) is 4.74 Å². The molecule has 1 rings (SSSR count). The first-order chi connectivity index (χ1) is 8.02. The molecule has 0 aromatic heterocycles. The van der Waals surface area contributed by atoms with Gasteiger partial charge in [0.2, 0.25) is 0 Å². The maximum Gasteiger partial charge on any atom is 0.339 e. The van der Waals surface area contributed by atoms with Crippen LogP contribution in [0.2, 0.25) is 0 Å². The third-order valence-electron chi connectivity index (χ3n) is 2.38. The van der Waals surface area contributed by atoms with Crippen LogP contribution >= 0.6 is 0 Å². The Hall–Kier alpha value is -1.62. The van der Waals surface area contributed by atoms with Crippen molar-refractivity contribution in [1.29, 1.82) is 0 Å². The number of hydrogen-bond acceptors (Lipinski definition) is 4. The third kappa shape index (κ3) is 2.74. The molecule has 1 aromatic carbocycles. The number of ether oxygens (including phenoxy) is 2. The molecule has 5 heteroatoms. The lowest BCUT2D eigenvalue weighted by Crippen LogP contribution is -2.16. The highest BCUT2D eigenvalue weighted by molar-refractivity contribution is 5.77. The summed E-state index contributed by atoms with van der Waals surface area (Å²) in [5.41, 5.74) is 0.443.